The molecule has 1 aromatic rings. The Hall–Kier alpha value is -2.09. The number of carbonyl (C=O) groups excluding carboxylic acids is 1. The Kier molecular flexibility index (Phi) is 4.41. The molecule has 1 aliphatic heterocycles. The lowest BCUT2D eigenvalue weighted by molar-refractivity contribution is -0.139. The zero-order chi connectivity index (χ0) is 16.4. The molecule has 1 aliphatic rings. The van der Waals surface area contributed by atoms with Gasteiger partial charge in [0.25, 0.3) is 5.91 Å². The zero-order valence-corrected chi connectivity index (χ0v) is 12.9. The smallest absolute Gasteiger partial charge is 0.341 e. The van der Waals surface area contributed by atoms with Gasteiger partial charge in [-0.05, 0) is 31.5 Å². The highest BCUT2D eigenvalue weighted by Crippen LogP contribution is 2.23. The van der Waals surface area contributed by atoms with Gasteiger partial charge in [0.15, 0.2) is 16.4 Å². The Morgan fingerprint density at radius 2 is 2.14 bits per heavy atom. The second-order valence-corrected chi connectivity index (χ2v) is 7.75. The summed E-state index contributed by atoms with van der Waals surface area (Å²) >= 11 is 0. The van der Waals surface area contributed by atoms with E-state index in [1.165, 1.54) is 6.07 Å². The molecular formula is C14H17NO6S. The first-order valence-electron chi connectivity index (χ1n) is 6.67. The van der Waals surface area contributed by atoms with E-state index in [0.29, 0.717) is 6.42 Å². The van der Waals surface area contributed by atoms with Gasteiger partial charge in [0.1, 0.15) is 5.75 Å². The van der Waals surface area contributed by atoms with Crippen LogP contribution in [-0.2, 0) is 14.6 Å². The van der Waals surface area contributed by atoms with Crippen molar-refractivity contribution in [1.29, 1.82) is 0 Å². The molecule has 1 unspecified atom stereocenters. The van der Waals surface area contributed by atoms with Crippen molar-refractivity contribution < 1.29 is 27.9 Å². The summed E-state index contributed by atoms with van der Waals surface area (Å²) in [6.07, 6.45) is 0.371. The van der Waals surface area contributed by atoms with E-state index < -0.39 is 33.9 Å². The third-order valence-corrected chi connectivity index (χ3v) is 5.28. The van der Waals surface area contributed by atoms with Gasteiger partial charge < -0.3 is 15.2 Å². The van der Waals surface area contributed by atoms with Gasteiger partial charge in [0.2, 0.25) is 0 Å². The van der Waals surface area contributed by atoms with Crippen LogP contribution in [0.1, 0.15) is 23.7 Å². The minimum absolute atomic E-state index is 0.0611. The molecule has 0 aliphatic carbocycles. The van der Waals surface area contributed by atoms with E-state index >= 15 is 0 Å². The number of hydrogen-bond acceptors (Lipinski definition) is 5. The summed E-state index contributed by atoms with van der Waals surface area (Å²) < 4.78 is 28.1. The van der Waals surface area contributed by atoms with Crippen molar-refractivity contribution in [2.45, 2.75) is 18.9 Å². The zero-order valence-electron chi connectivity index (χ0n) is 12.0. The first-order chi connectivity index (χ1) is 10.2. The molecule has 1 amide bonds. The molecule has 22 heavy (non-hydrogen) atoms. The van der Waals surface area contributed by atoms with Gasteiger partial charge in [0.05, 0.1) is 17.0 Å². The van der Waals surface area contributed by atoms with Gasteiger partial charge in [-0.1, -0.05) is 6.07 Å². The quantitative estimate of drug-likeness (QED) is 0.813. The number of nitrogens with one attached hydrogen (secondary N) is 1. The molecule has 0 radical (unpaired) electrons. The molecule has 120 valence electrons. The summed E-state index contributed by atoms with van der Waals surface area (Å²) in [6, 6.07) is 6.09. The van der Waals surface area contributed by atoms with Gasteiger partial charge in [-0.25, -0.2) is 13.2 Å². The molecule has 1 aromatic carbocycles. The number of benzene rings is 1. The molecule has 1 atom stereocenters. The summed E-state index contributed by atoms with van der Waals surface area (Å²) in [5.74, 6) is -1.29. The second-order valence-electron chi connectivity index (χ2n) is 5.57. The van der Waals surface area contributed by atoms with Gasteiger partial charge in [0, 0.05) is 5.56 Å². The third-order valence-electron chi connectivity index (χ3n) is 3.38. The van der Waals surface area contributed by atoms with Crippen molar-refractivity contribution in [3.05, 3.63) is 29.8 Å². The molecule has 0 spiro atoms. The SMILES string of the molecule is CC1(NC(=O)c2cccc(OCC(=O)O)c2)CCS(=O)(=O)C1. The first-order valence-corrected chi connectivity index (χ1v) is 8.49. The number of aliphatic carboxylic acids is 1. The molecule has 0 aromatic heterocycles. The number of rotatable bonds is 5. The van der Waals surface area contributed by atoms with E-state index in [9.17, 15) is 18.0 Å². The number of hydrogen-bond donors (Lipinski definition) is 2. The maximum atomic E-state index is 12.2. The average molecular weight is 327 g/mol. The van der Waals surface area contributed by atoms with Crippen LogP contribution in [0.3, 0.4) is 0 Å². The Morgan fingerprint density at radius 3 is 2.73 bits per heavy atom. The van der Waals surface area contributed by atoms with Gasteiger partial charge in [-0.2, -0.15) is 0 Å². The van der Waals surface area contributed by atoms with Crippen molar-refractivity contribution in [1.82, 2.24) is 5.32 Å². The average Bonchev–Trinajstić information content (AvgIpc) is 2.70. The van der Waals surface area contributed by atoms with Gasteiger partial charge in [-0.15, -0.1) is 0 Å². The molecule has 0 saturated carbocycles. The van der Waals surface area contributed by atoms with Crippen LogP contribution in [0.15, 0.2) is 24.3 Å². The summed E-state index contributed by atoms with van der Waals surface area (Å²) in [5.41, 5.74) is -0.498. The van der Waals surface area contributed by atoms with Crippen LogP contribution < -0.4 is 10.1 Å². The maximum Gasteiger partial charge on any atom is 0.341 e. The Morgan fingerprint density at radius 1 is 1.41 bits per heavy atom. The lowest BCUT2D eigenvalue weighted by Gasteiger charge is -2.24. The normalized spacial score (nSPS) is 23.0. The molecule has 7 nitrogen and oxygen atoms in total. The first kappa shape index (κ1) is 16.3. The Labute approximate surface area is 128 Å². The molecule has 1 heterocycles. The highest BCUT2D eigenvalue weighted by atomic mass is 32.2. The standard InChI is InChI=1S/C14H17NO6S/c1-14(5-6-22(19,20)9-14)15-13(18)10-3-2-4-11(7-10)21-8-12(16)17/h2-4,7H,5-6,8-9H2,1H3,(H,15,18)(H,16,17). The van der Waals surface area contributed by atoms with Crippen LogP contribution in [0.25, 0.3) is 0 Å². The molecule has 1 saturated heterocycles. The van der Waals surface area contributed by atoms with E-state index in [-0.39, 0.29) is 22.8 Å². The van der Waals surface area contributed by atoms with Crippen molar-refractivity contribution >= 4 is 21.7 Å². The molecular weight excluding hydrogens is 310 g/mol. The van der Waals surface area contributed by atoms with Crippen LogP contribution in [0.5, 0.6) is 5.75 Å². The number of ether oxygens (including phenoxy) is 1. The van der Waals surface area contributed by atoms with E-state index in [2.05, 4.69) is 5.32 Å². The highest BCUT2D eigenvalue weighted by molar-refractivity contribution is 7.91. The predicted molar refractivity (Wildman–Crippen MR) is 78.7 cm³/mol. The van der Waals surface area contributed by atoms with Crippen LogP contribution in [0, 0.1) is 0 Å². The molecule has 2 N–H and O–H groups in total. The van der Waals surface area contributed by atoms with E-state index in [0.717, 1.165) is 0 Å². The van der Waals surface area contributed by atoms with Crippen LogP contribution in [0.4, 0.5) is 0 Å². The summed E-state index contributed by atoms with van der Waals surface area (Å²) in [6.45, 7) is 1.20. The fraction of sp³-hybridized carbons (Fsp3) is 0.429. The predicted octanol–water partition coefficient (Wildman–Crippen LogP) is 0.457. The number of carbonyl (C=O) groups is 2. The fourth-order valence-corrected chi connectivity index (χ4v) is 4.42. The van der Waals surface area contributed by atoms with Crippen molar-refractivity contribution in [3.8, 4) is 5.75 Å². The fourth-order valence-electron chi connectivity index (χ4n) is 2.33. The van der Waals surface area contributed by atoms with Crippen molar-refractivity contribution in [2.75, 3.05) is 18.1 Å². The molecule has 8 heteroatoms. The molecule has 2 rings (SSSR count). The lowest BCUT2D eigenvalue weighted by atomic mass is 10.0. The minimum Gasteiger partial charge on any atom is -0.482 e. The molecule has 1 fully saturated rings. The Bertz CT molecular complexity index is 699. The monoisotopic (exact) mass is 327 g/mol. The van der Waals surface area contributed by atoms with Gasteiger partial charge in [-0.3, -0.25) is 4.79 Å². The molecule has 0 bridgehead atoms. The largest absolute Gasteiger partial charge is 0.482 e. The highest BCUT2D eigenvalue weighted by Gasteiger charge is 2.39. The number of sulfone groups is 1. The van der Waals surface area contributed by atoms with Crippen LogP contribution in [-0.4, -0.2) is 49.1 Å². The van der Waals surface area contributed by atoms with Crippen LogP contribution in [0.2, 0.25) is 0 Å². The second kappa shape index (κ2) is 5.96. The minimum atomic E-state index is -3.11. The third kappa shape index (κ3) is 4.20. The van der Waals surface area contributed by atoms with Crippen LogP contribution >= 0.6 is 0 Å². The Balaban J connectivity index is 2.07. The van der Waals surface area contributed by atoms with Crippen molar-refractivity contribution in [3.63, 3.8) is 0 Å². The summed E-state index contributed by atoms with van der Waals surface area (Å²) in [5, 5.41) is 11.3. The van der Waals surface area contributed by atoms with E-state index in [4.69, 9.17) is 9.84 Å². The van der Waals surface area contributed by atoms with E-state index in [1.54, 1.807) is 25.1 Å². The van der Waals surface area contributed by atoms with E-state index in [1.807, 2.05) is 0 Å². The van der Waals surface area contributed by atoms with Crippen molar-refractivity contribution in [2.24, 2.45) is 0 Å². The summed E-state index contributed by atoms with van der Waals surface area (Å²) in [7, 11) is -3.11. The number of amides is 1. The topological polar surface area (TPSA) is 110 Å². The maximum absolute atomic E-state index is 12.2. The summed E-state index contributed by atoms with van der Waals surface area (Å²) in [4.78, 5) is 22.7. The number of carboxylic acids is 1. The van der Waals surface area contributed by atoms with Gasteiger partial charge >= 0.3 is 5.97 Å². The lowest BCUT2D eigenvalue weighted by Crippen LogP contribution is -2.46. The number of carboxylic acid groups (broad SMARTS) is 1.